The van der Waals surface area contributed by atoms with E-state index in [-0.39, 0.29) is 0 Å². The molecule has 0 aliphatic rings. The molecule has 1 rings (SSSR count). The molecule has 86 valence electrons. The number of aryl methyl sites for hydroxylation is 2. The summed E-state index contributed by atoms with van der Waals surface area (Å²) in [6, 6.07) is 0.597. The maximum Gasteiger partial charge on any atom is 0.0666 e. The summed E-state index contributed by atoms with van der Waals surface area (Å²) < 4.78 is 1.90. The topological polar surface area (TPSA) is 29.9 Å². The van der Waals surface area contributed by atoms with Gasteiger partial charge in [0.05, 0.1) is 5.69 Å². The standard InChI is InChI=1S/C12H23N3/c1-5-7-10(3)13-8-11-9-15(4)14-12(11)6-2/h9-10,13H,5-8H2,1-4H3. The van der Waals surface area contributed by atoms with Crippen LogP contribution in [-0.4, -0.2) is 15.8 Å². The third-order valence-corrected chi connectivity index (χ3v) is 2.69. The molecule has 0 saturated carbocycles. The summed E-state index contributed by atoms with van der Waals surface area (Å²) in [5, 5.41) is 7.96. The van der Waals surface area contributed by atoms with Crippen molar-refractivity contribution in [3.63, 3.8) is 0 Å². The van der Waals surface area contributed by atoms with E-state index in [1.807, 2.05) is 11.7 Å². The van der Waals surface area contributed by atoms with Crippen molar-refractivity contribution in [1.29, 1.82) is 0 Å². The lowest BCUT2D eigenvalue weighted by Gasteiger charge is -2.11. The molecule has 0 bridgehead atoms. The van der Waals surface area contributed by atoms with Crippen LogP contribution in [0.3, 0.4) is 0 Å². The van der Waals surface area contributed by atoms with Crippen LogP contribution in [0, 0.1) is 0 Å². The first kappa shape index (κ1) is 12.2. The van der Waals surface area contributed by atoms with Gasteiger partial charge in [-0.1, -0.05) is 20.3 Å². The number of hydrogen-bond acceptors (Lipinski definition) is 2. The second-order valence-electron chi connectivity index (χ2n) is 4.20. The summed E-state index contributed by atoms with van der Waals surface area (Å²) in [5.74, 6) is 0. The Labute approximate surface area is 92.9 Å². The minimum Gasteiger partial charge on any atom is -0.310 e. The Kier molecular flexibility index (Phi) is 4.82. The molecule has 1 aromatic rings. The van der Waals surface area contributed by atoms with E-state index in [4.69, 9.17) is 0 Å². The van der Waals surface area contributed by atoms with E-state index in [0.29, 0.717) is 6.04 Å². The monoisotopic (exact) mass is 209 g/mol. The SMILES string of the molecule is CCCC(C)NCc1cn(C)nc1CC. The van der Waals surface area contributed by atoms with Crippen molar-refractivity contribution in [3.05, 3.63) is 17.5 Å². The highest BCUT2D eigenvalue weighted by atomic mass is 15.3. The Morgan fingerprint density at radius 2 is 2.20 bits per heavy atom. The number of hydrogen-bond donors (Lipinski definition) is 1. The van der Waals surface area contributed by atoms with Crippen LogP contribution in [-0.2, 0) is 20.0 Å². The second-order valence-corrected chi connectivity index (χ2v) is 4.20. The lowest BCUT2D eigenvalue weighted by molar-refractivity contribution is 0.507. The fraction of sp³-hybridized carbons (Fsp3) is 0.750. The van der Waals surface area contributed by atoms with Crippen LogP contribution in [0.25, 0.3) is 0 Å². The summed E-state index contributed by atoms with van der Waals surface area (Å²) in [5.41, 5.74) is 2.55. The zero-order valence-electron chi connectivity index (χ0n) is 10.4. The van der Waals surface area contributed by atoms with Gasteiger partial charge in [0.15, 0.2) is 0 Å². The molecule has 1 atom stereocenters. The minimum absolute atomic E-state index is 0.597. The Morgan fingerprint density at radius 1 is 1.47 bits per heavy atom. The van der Waals surface area contributed by atoms with Gasteiger partial charge in [0, 0.05) is 31.4 Å². The van der Waals surface area contributed by atoms with Crippen LogP contribution >= 0.6 is 0 Å². The van der Waals surface area contributed by atoms with E-state index in [1.54, 1.807) is 0 Å². The molecule has 15 heavy (non-hydrogen) atoms. The molecule has 0 aliphatic carbocycles. The molecule has 0 spiro atoms. The van der Waals surface area contributed by atoms with Crippen molar-refractivity contribution in [2.24, 2.45) is 7.05 Å². The summed E-state index contributed by atoms with van der Waals surface area (Å²) in [6.45, 7) is 7.56. The first-order valence-corrected chi connectivity index (χ1v) is 5.92. The highest BCUT2D eigenvalue weighted by Crippen LogP contribution is 2.07. The summed E-state index contributed by atoms with van der Waals surface area (Å²) in [4.78, 5) is 0. The number of aromatic nitrogens is 2. The van der Waals surface area contributed by atoms with Gasteiger partial charge in [-0.05, 0) is 19.8 Å². The van der Waals surface area contributed by atoms with E-state index in [0.717, 1.165) is 13.0 Å². The third-order valence-electron chi connectivity index (χ3n) is 2.69. The lowest BCUT2D eigenvalue weighted by Crippen LogP contribution is -2.25. The van der Waals surface area contributed by atoms with Gasteiger partial charge in [-0.25, -0.2) is 0 Å². The smallest absolute Gasteiger partial charge is 0.0666 e. The van der Waals surface area contributed by atoms with E-state index in [9.17, 15) is 0 Å². The Hall–Kier alpha value is -0.830. The molecule has 0 aliphatic heterocycles. The summed E-state index contributed by atoms with van der Waals surface area (Å²) >= 11 is 0. The van der Waals surface area contributed by atoms with Crippen LogP contribution in [0.4, 0.5) is 0 Å². The van der Waals surface area contributed by atoms with Crippen LogP contribution in [0.15, 0.2) is 6.20 Å². The Morgan fingerprint density at radius 3 is 2.80 bits per heavy atom. The largest absolute Gasteiger partial charge is 0.310 e. The van der Waals surface area contributed by atoms with Crippen molar-refractivity contribution >= 4 is 0 Å². The highest BCUT2D eigenvalue weighted by Gasteiger charge is 2.06. The van der Waals surface area contributed by atoms with Crippen molar-refractivity contribution in [1.82, 2.24) is 15.1 Å². The molecule has 0 aromatic carbocycles. The fourth-order valence-electron chi connectivity index (χ4n) is 1.85. The van der Waals surface area contributed by atoms with Gasteiger partial charge in [0.1, 0.15) is 0 Å². The zero-order chi connectivity index (χ0) is 11.3. The molecule has 0 fully saturated rings. The molecule has 1 unspecified atom stereocenters. The van der Waals surface area contributed by atoms with E-state index >= 15 is 0 Å². The van der Waals surface area contributed by atoms with Gasteiger partial charge in [-0.2, -0.15) is 5.10 Å². The van der Waals surface area contributed by atoms with Crippen molar-refractivity contribution in [2.45, 2.75) is 52.6 Å². The summed E-state index contributed by atoms with van der Waals surface area (Å²) in [6.07, 6.45) is 5.61. The molecule has 3 heteroatoms. The van der Waals surface area contributed by atoms with Gasteiger partial charge in [0.2, 0.25) is 0 Å². The average Bonchev–Trinajstić information content (AvgIpc) is 2.56. The first-order chi connectivity index (χ1) is 7.17. The molecule has 1 aromatic heterocycles. The van der Waals surface area contributed by atoms with Gasteiger partial charge in [-0.15, -0.1) is 0 Å². The van der Waals surface area contributed by atoms with Gasteiger partial charge in [0.25, 0.3) is 0 Å². The highest BCUT2D eigenvalue weighted by molar-refractivity contribution is 5.16. The molecule has 0 saturated heterocycles. The molecular formula is C12H23N3. The summed E-state index contributed by atoms with van der Waals surface area (Å²) in [7, 11) is 1.98. The van der Waals surface area contributed by atoms with Crippen LogP contribution in [0.2, 0.25) is 0 Å². The normalized spacial score (nSPS) is 13.1. The van der Waals surface area contributed by atoms with E-state index in [1.165, 1.54) is 24.1 Å². The molecule has 1 heterocycles. The van der Waals surface area contributed by atoms with Crippen LogP contribution in [0.1, 0.15) is 44.9 Å². The minimum atomic E-state index is 0.597. The van der Waals surface area contributed by atoms with E-state index in [2.05, 4.69) is 37.4 Å². The second kappa shape index (κ2) is 5.91. The lowest BCUT2D eigenvalue weighted by atomic mass is 10.1. The fourth-order valence-corrected chi connectivity index (χ4v) is 1.85. The third kappa shape index (κ3) is 3.67. The predicted molar refractivity (Wildman–Crippen MR) is 63.8 cm³/mol. The maximum atomic E-state index is 4.43. The van der Waals surface area contributed by atoms with Crippen LogP contribution in [0.5, 0.6) is 0 Å². The van der Waals surface area contributed by atoms with E-state index < -0.39 is 0 Å². The number of nitrogens with zero attached hydrogens (tertiary/aromatic N) is 2. The van der Waals surface area contributed by atoms with Gasteiger partial charge in [-0.3, -0.25) is 4.68 Å². The average molecular weight is 209 g/mol. The number of nitrogens with one attached hydrogen (secondary N) is 1. The zero-order valence-corrected chi connectivity index (χ0v) is 10.4. The Balaban J connectivity index is 2.49. The van der Waals surface area contributed by atoms with Crippen molar-refractivity contribution in [3.8, 4) is 0 Å². The molecule has 3 nitrogen and oxygen atoms in total. The Bertz CT molecular complexity index is 291. The molecule has 1 N–H and O–H groups in total. The molecular weight excluding hydrogens is 186 g/mol. The molecule has 0 amide bonds. The first-order valence-electron chi connectivity index (χ1n) is 5.92. The molecule has 0 radical (unpaired) electrons. The quantitative estimate of drug-likeness (QED) is 0.779. The van der Waals surface area contributed by atoms with Gasteiger partial charge < -0.3 is 5.32 Å². The predicted octanol–water partition coefficient (Wildman–Crippen LogP) is 2.26. The van der Waals surface area contributed by atoms with Crippen molar-refractivity contribution < 1.29 is 0 Å². The number of rotatable bonds is 6. The van der Waals surface area contributed by atoms with Crippen LogP contribution < -0.4 is 5.32 Å². The van der Waals surface area contributed by atoms with Gasteiger partial charge >= 0.3 is 0 Å². The van der Waals surface area contributed by atoms with Crippen molar-refractivity contribution in [2.75, 3.05) is 0 Å². The maximum absolute atomic E-state index is 4.43.